The van der Waals surface area contributed by atoms with Gasteiger partial charge in [-0.25, -0.2) is 0 Å². The van der Waals surface area contributed by atoms with Crippen molar-refractivity contribution >= 4 is 0 Å². The van der Waals surface area contributed by atoms with E-state index in [1.807, 2.05) is 0 Å². The van der Waals surface area contributed by atoms with Crippen LogP contribution in [-0.2, 0) is 0 Å². The van der Waals surface area contributed by atoms with Gasteiger partial charge in [0.2, 0.25) is 0 Å². The summed E-state index contributed by atoms with van der Waals surface area (Å²) in [6.07, 6.45) is 2.85. The average molecular weight is 100 g/mol. The first kappa shape index (κ1) is 5.10. The summed E-state index contributed by atoms with van der Waals surface area (Å²) in [5.74, 6) is 0. The van der Waals surface area contributed by atoms with E-state index in [1.165, 1.54) is 12.8 Å². The Hall–Kier alpha value is -0.0400. The van der Waals surface area contributed by atoms with E-state index in [-0.39, 0.29) is 0 Å². The lowest BCUT2D eigenvalue weighted by Crippen LogP contribution is -3.11. The van der Waals surface area contributed by atoms with Gasteiger partial charge in [0.1, 0.15) is 0 Å². The van der Waals surface area contributed by atoms with Gasteiger partial charge in [0.25, 0.3) is 0 Å². The fourth-order valence-corrected chi connectivity index (χ4v) is 0.687. The molecule has 1 heteroatoms. The first-order valence-electron chi connectivity index (χ1n) is 2.96. The highest BCUT2D eigenvalue weighted by atomic mass is 15.2. The van der Waals surface area contributed by atoms with E-state index < -0.39 is 0 Å². The Bertz CT molecular complexity index is 72.2. The Balaban J connectivity index is 2.39. The molecule has 0 bridgehead atoms. The molecule has 0 saturated heterocycles. The van der Waals surface area contributed by atoms with Crippen LogP contribution in [0.15, 0.2) is 0 Å². The van der Waals surface area contributed by atoms with Gasteiger partial charge in [0.05, 0.1) is 19.6 Å². The third kappa shape index (κ3) is 0.778. The van der Waals surface area contributed by atoms with Crippen molar-refractivity contribution in [2.75, 3.05) is 14.1 Å². The van der Waals surface area contributed by atoms with Crippen LogP contribution in [0.25, 0.3) is 0 Å². The highest BCUT2D eigenvalue weighted by Crippen LogP contribution is 2.29. The van der Waals surface area contributed by atoms with Gasteiger partial charge < -0.3 is 4.90 Å². The zero-order valence-electron chi connectivity index (χ0n) is 5.41. The molecule has 1 N–H and O–H groups in total. The fourth-order valence-electron chi connectivity index (χ4n) is 0.687. The van der Waals surface area contributed by atoms with Crippen molar-refractivity contribution in [2.24, 2.45) is 0 Å². The van der Waals surface area contributed by atoms with Gasteiger partial charge in [-0.05, 0) is 6.92 Å². The lowest BCUT2D eigenvalue weighted by molar-refractivity contribution is -0.895. The Morgan fingerprint density at radius 1 is 1.29 bits per heavy atom. The second kappa shape index (κ2) is 1.22. The Morgan fingerprint density at radius 2 is 1.71 bits per heavy atom. The maximum absolute atomic E-state index is 2.34. The fraction of sp³-hybridized carbons (Fsp3) is 1.00. The molecule has 1 saturated carbocycles. The molecular formula is C6H14N+. The summed E-state index contributed by atoms with van der Waals surface area (Å²) >= 11 is 0. The predicted octanol–water partition coefficient (Wildman–Crippen LogP) is -0.317. The van der Waals surface area contributed by atoms with E-state index in [9.17, 15) is 0 Å². The quantitative estimate of drug-likeness (QED) is 0.461. The third-order valence-electron chi connectivity index (χ3n) is 2.21. The van der Waals surface area contributed by atoms with Crippen molar-refractivity contribution in [3.8, 4) is 0 Å². The molecule has 1 aliphatic rings. The highest BCUT2D eigenvalue weighted by Gasteiger charge is 2.43. The van der Waals surface area contributed by atoms with E-state index >= 15 is 0 Å². The molecule has 1 fully saturated rings. The Morgan fingerprint density at radius 3 is 1.71 bits per heavy atom. The molecule has 7 heavy (non-hydrogen) atoms. The van der Waals surface area contributed by atoms with E-state index in [0.29, 0.717) is 5.54 Å². The molecule has 0 aromatic carbocycles. The SMILES string of the molecule is C[NH+](C)C1(C)CC1. The van der Waals surface area contributed by atoms with Crippen molar-refractivity contribution in [3.63, 3.8) is 0 Å². The summed E-state index contributed by atoms with van der Waals surface area (Å²) in [6.45, 7) is 2.34. The van der Waals surface area contributed by atoms with Crippen molar-refractivity contribution < 1.29 is 4.90 Å². The second-order valence-electron chi connectivity index (χ2n) is 3.06. The van der Waals surface area contributed by atoms with Crippen LogP contribution in [0.3, 0.4) is 0 Å². The predicted molar refractivity (Wildman–Crippen MR) is 30.4 cm³/mol. The molecule has 0 radical (unpaired) electrons. The van der Waals surface area contributed by atoms with Crippen LogP contribution < -0.4 is 4.90 Å². The van der Waals surface area contributed by atoms with Crippen LogP contribution in [0.1, 0.15) is 19.8 Å². The second-order valence-corrected chi connectivity index (χ2v) is 3.06. The average Bonchev–Trinajstić information content (AvgIpc) is 2.21. The van der Waals surface area contributed by atoms with E-state index in [0.717, 1.165) is 0 Å². The highest BCUT2D eigenvalue weighted by molar-refractivity contribution is 4.87. The molecule has 1 rings (SSSR count). The van der Waals surface area contributed by atoms with E-state index in [2.05, 4.69) is 21.0 Å². The summed E-state index contributed by atoms with van der Waals surface area (Å²) < 4.78 is 0. The molecule has 0 amide bonds. The van der Waals surface area contributed by atoms with Crippen LogP contribution in [0, 0.1) is 0 Å². The molecule has 0 aliphatic heterocycles. The Labute approximate surface area is 45.3 Å². The van der Waals surface area contributed by atoms with E-state index in [4.69, 9.17) is 0 Å². The smallest absolute Gasteiger partial charge is 0.0949 e. The van der Waals surface area contributed by atoms with Gasteiger partial charge in [-0.2, -0.15) is 0 Å². The molecule has 0 spiro atoms. The standard InChI is InChI=1S/C6H13N/c1-6(4-5-6)7(2)3/h4-5H2,1-3H3/p+1. The lowest BCUT2D eigenvalue weighted by atomic mass is 10.3. The maximum atomic E-state index is 2.34. The minimum Gasteiger partial charge on any atom is -0.335 e. The molecule has 0 aromatic heterocycles. The summed E-state index contributed by atoms with van der Waals surface area (Å²) in [5.41, 5.74) is 0.667. The van der Waals surface area contributed by atoms with Gasteiger partial charge in [0.15, 0.2) is 0 Å². The molecule has 42 valence electrons. The van der Waals surface area contributed by atoms with Gasteiger partial charge >= 0.3 is 0 Å². The number of nitrogens with one attached hydrogen (secondary N) is 1. The van der Waals surface area contributed by atoms with Crippen LogP contribution in [0.2, 0.25) is 0 Å². The van der Waals surface area contributed by atoms with Crippen LogP contribution >= 0.6 is 0 Å². The summed E-state index contributed by atoms with van der Waals surface area (Å²) in [6, 6.07) is 0. The third-order valence-corrected chi connectivity index (χ3v) is 2.21. The summed E-state index contributed by atoms with van der Waals surface area (Å²) in [7, 11) is 4.46. The van der Waals surface area contributed by atoms with Crippen molar-refractivity contribution in [2.45, 2.75) is 25.3 Å². The number of quaternary nitrogens is 1. The summed E-state index contributed by atoms with van der Waals surface area (Å²) in [4.78, 5) is 1.60. The first-order chi connectivity index (χ1) is 3.15. The molecule has 0 heterocycles. The maximum Gasteiger partial charge on any atom is 0.0949 e. The number of hydrogen-bond acceptors (Lipinski definition) is 0. The zero-order chi connectivity index (χ0) is 5.49. The van der Waals surface area contributed by atoms with Crippen molar-refractivity contribution in [1.29, 1.82) is 0 Å². The largest absolute Gasteiger partial charge is 0.335 e. The van der Waals surface area contributed by atoms with Gasteiger partial charge in [-0.15, -0.1) is 0 Å². The van der Waals surface area contributed by atoms with Crippen molar-refractivity contribution in [1.82, 2.24) is 0 Å². The number of hydrogen-bond donors (Lipinski definition) is 1. The molecule has 1 nitrogen and oxygen atoms in total. The van der Waals surface area contributed by atoms with Gasteiger partial charge in [0, 0.05) is 12.8 Å². The lowest BCUT2D eigenvalue weighted by Gasteiger charge is -2.13. The molecule has 1 aliphatic carbocycles. The first-order valence-corrected chi connectivity index (χ1v) is 2.96. The minimum absolute atomic E-state index is 0.667. The van der Waals surface area contributed by atoms with Crippen molar-refractivity contribution in [3.05, 3.63) is 0 Å². The van der Waals surface area contributed by atoms with Crippen LogP contribution in [0.4, 0.5) is 0 Å². The van der Waals surface area contributed by atoms with Gasteiger partial charge in [-0.1, -0.05) is 0 Å². The monoisotopic (exact) mass is 100 g/mol. The molecular weight excluding hydrogens is 86.1 g/mol. The normalized spacial score (nSPS) is 25.7. The minimum atomic E-state index is 0.667. The molecule has 0 aromatic rings. The van der Waals surface area contributed by atoms with Crippen LogP contribution in [0.5, 0.6) is 0 Å². The topological polar surface area (TPSA) is 4.44 Å². The summed E-state index contributed by atoms with van der Waals surface area (Å²) in [5, 5.41) is 0. The molecule has 0 unspecified atom stereocenters. The van der Waals surface area contributed by atoms with E-state index in [1.54, 1.807) is 4.90 Å². The van der Waals surface area contributed by atoms with Gasteiger partial charge in [-0.3, -0.25) is 0 Å². The van der Waals surface area contributed by atoms with Crippen LogP contribution in [-0.4, -0.2) is 19.6 Å². The number of rotatable bonds is 1. The zero-order valence-corrected chi connectivity index (χ0v) is 5.41. The Kier molecular flexibility index (Phi) is 0.890. The molecule has 0 atom stereocenters.